The number of rotatable bonds is 8. The maximum Gasteiger partial charge on any atom is 0.349 e. The number of aliphatic carboxylic acids is 1. The number of amides is 1. The Hall–Kier alpha value is -3.40. The Morgan fingerprint density at radius 1 is 0.743 bits per heavy atom. The predicted molar refractivity (Wildman–Crippen MR) is 132 cm³/mol. The zero-order valence-corrected chi connectivity index (χ0v) is 20.7. The first-order valence-corrected chi connectivity index (χ1v) is 11.4. The van der Waals surface area contributed by atoms with Gasteiger partial charge in [0.2, 0.25) is 12.2 Å². The van der Waals surface area contributed by atoms with Gasteiger partial charge < -0.3 is 19.9 Å². The normalized spacial score (nSPS) is 12.2. The third-order valence-electron chi connectivity index (χ3n) is 4.54. The van der Waals surface area contributed by atoms with Crippen LogP contribution in [0, 0.1) is 0 Å². The van der Waals surface area contributed by atoms with E-state index in [2.05, 4.69) is 21.2 Å². The molecule has 0 saturated heterocycles. The van der Waals surface area contributed by atoms with Crippen molar-refractivity contribution in [3.05, 3.63) is 98.4 Å². The van der Waals surface area contributed by atoms with Gasteiger partial charge in [-0.25, -0.2) is 14.4 Å². The van der Waals surface area contributed by atoms with Crippen LogP contribution in [0.1, 0.15) is 20.7 Å². The molecule has 2 N–H and O–H groups in total. The summed E-state index contributed by atoms with van der Waals surface area (Å²) in [6.45, 7) is 0. The lowest BCUT2D eigenvalue weighted by molar-refractivity contribution is -0.157. The summed E-state index contributed by atoms with van der Waals surface area (Å²) in [5.41, 5.74) is 0.0284. The summed E-state index contributed by atoms with van der Waals surface area (Å²) in [6.07, 6.45) is -4.29. The standard InChI is InChI=1S/C24H16BrCl2NO7/c25-13-9-11-14(12-10-13)28-21(29)19(34-23(32)15-5-1-3-7-17(15)26)20(22(30)31)35-24(33)16-6-2-4-8-18(16)27/h1-12,19-20H,(H,28,29)(H,30,31)/t19-,20+/m0/s1. The molecule has 0 aromatic heterocycles. The van der Waals surface area contributed by atoms with E-state index in [-0.39, 0.29) is 26.9 Å². The molecule has 3 rings (SSSR count). The van der Waals surface area contributed by atoms with Gasteiger partial charge in [0, 0.05) is 10.2 Å². The lowest BCUT2D eigenvalue weighted by Crippen LogP contribution is -2.48. The van der Waals surface area contributed by atoms with Crippen LogP contribution in [0.4, 0.5) is 5.69 Å². The Labute approximate surface area is 217 Å². The second-order valence-corrected chi connectivity index (χ2v) is 8.68. The summed E-state index contributed by atoms with van der Waals surface area (Å²) in [6, 6.07) is 17.9. The van der Waals surface area contributed by atoms with Gasteiger partial charge in [-0.15, -0.1) is 0 Å². The van der Waals surface area contributed by atoms with Crippen molar-refractivity contribution in [2.45, 2.75) is 12.2 Å². The topological polar surface area (TPSA) is 119 Å². The summed E-state index contributed by atoms with van der Waals surface area (Å²) >= 11 is 15.3. The lowest BCUT2D eigenvalue weighted by atomic mass is 10.1. The quantitative estimate of drug-likeness (QED) is 0.350. The first-order chi connectivity index (χ1) is 16.7. The minimum absolute atomic E-state index is 0.00515. The van der Waals surface area contributed by atoms with E-state index in [9.17, 15) is 24.3 Å². The van der Waals surface area contributed by atoms with Gasteiger partial charge in [0.25, 0.3) is 5.91 Å². The van der Waals surface area contributed by atoms with Gasteiger partial charge in [-0.2, -0.15) is 0 Å². The molecule has 3 aromatic rings. The number of ether oxygens (including phenoxy) is 2. The van der Waals surface area contributed by atoms with Gasteiger partial charge >= 0.3 is 17.9 Å². The van der Waals surface area contributed by atoms with Crippen LogP contribution in [0.2, 0.25) is 10.0 Å². The number of carbonyl (C=O) groups is 4. The Kier molecular flexibility index (Phi) is 8.86. The maximum atomic E-state index is 13.1. The molecule has 1 amide bonds. The van der Waals surface area contributed by atoms with E-state index < -0.39 is 36.0 Å². The van der Waals surface area contributed by atoms with Crippen LogP contribution in [-0.4, -0.2) is 41.1 Å². The molecule has 8 nitrogen and oxygen atoms in total. The number of carboxylic acid groups (broad SMARTS) is 1. The number of hydrogen-bond acceptors (Lipinski definition) is 6. The highest BCUT2D eigenvalue weighted by Crippen LogP contribution is 2.22. The van der Waals surface area contributed by atoms with Crippen LogP contribution < -0.4 is 5.32 Å². The third-order valence-corrected chi connectivity index (χ3v) is 5.73. The fourth-order valence-corrected chi connectivity index (χ4v) is 3.54. The third kappa shape index (κ3) is 6.82. The van der Waals surface area contributed by atoms with Gasteiger partial charge in [0.05, 0.1) is 21.2 Å². The number of benzene rings is 3. The lowest BCUT2D eigenvalue weighted by Gasteiger charge is -2.24. The summed E-state index contributed by atoms with van der Waals surface area (Å²) in [5, 5.41) is 12.3. The Morgan fingerprint density at radius 2 is 1.20 bits per heavy atom. The Balaban J connectivity index is 1.93. The number of halogens is 3. The second kappa shape index (κ2) is 11.8. The Morgan fingerprint density at radius 3 is 1.66 bits per heavy atom. The van der Waals surface area contributed by atoms with E-state index in [0.29, 0.717) is 0 Å². The molecule has 0 aliphatic carbocycles. The highest BCUT2D eigenvalue weighted by atomic mass is 79.9. The number of esters is 2. The highest BCUT2D eigenvalue weighted by Gasteiger charge is 2.41. The first kappa shape index (κ1) is 26.2. The van der Waals surface area contributed by atoms with Crippen LogP contribution in [0.25, 0.3) is 0 Å². The molecule has 0 spiro atoms. The van der Waals surface area contributed by atoms with Crippen molar-refractivity contribution in [1.29, 1.82) is 0 Å². The van der Waals surface area contributed by atoms with Gasteiger partial charge in [0.15, 0.2) is 0 Å². The van der Waals surface area contributed by atoms with Crippen LogP contribution in [0.5, 0.6) is 0 Å². The molecule has 2 atom stereocenters. The van der Waals surface area contributed by atoms with Crippen LogP contribution >= 0.6 is 39.1 Å². The number of carboxylic acids is 1. The van der Waals surface area contributed by atoms with Gasteiger partial charge in [-0.3, -0.25) is 4.79 Å². The van der Waals surface area contributed by atoms with E-state index in [1.165, 1.54) is 48.5 Å². The molecular weight excluding hydrogens is 565 g/mol. The maximum absolute atomic E-state index is 13.1. The number of anilines is 1. The molecule has 0 heterocycles. The molecule has 0 fully saturated rings. The molecule has 35 heavy (non-hydrogen) atoms. The van der Waals surface area contributed by atoms with Crippen molar-refractivity contribution in [1.82, 2.24) is 0 Å². The SMILES string of the molecule is O=C(O[C@H](C(=O)Nc1ccc(Br)cc1)[C@@H](OC(=O)c1ccccc1Cl)C(=O)O)c1ccccc1Cl. The van der Waals surface area contributed by atoms with Crippen molar-refractivity contribution in [3.8, 4) is 0 Å². The molecule has 3 aromatic carbocycles. The molecule has 0 saturated carbocycles. The smallest absolute Gasteiger partial charge is 0.349 e. The minimum Gasteiger partial charge on any atom is -0.478 e. The summed E-state index contributed by atoms with van der Waals surface area (Å²) < 4.78 is 11.0. The van der Waals surface area contributed by atoms with E-state index in [1.54, 1.807) is 24.3 Å². The first-order valence-electron chi connectivity index (χ1n) is 9.87. The minimum atomic E-state index is -2.21. The molecule has 0 aliphatic heterocycles. The van der Waals surface area contributed by atoms with E-state index in [4.69, 9.17) is 32.7 Å². The van der Waals surface area contributed by atoms with Crippen LogP contribution in [-0.2, 0) is 19.1 Å². The average molecular weight is 581 g/mol. The van der Waals surface area contributed by atoms with Gasteiger partial charge in [-0.1, -0.05) is 63.4 Å². The molecule has 11 heteroatoms. The summed E-state index contributed by atoms with van der Waals surface area (Å²) in [4.78, 5) is 50.5. The predicted octanol–water partition coefficient (Wildman–Crippen LogP) is 5.23. The summed E-state index contributed by atoms with van der Waals surface area (Å²) in [5.74, 6) is -5.00. The molecular formula is C24H16BrCl2NO7. The number of carbonyl (C=O) groups excluding carboxylic acids is 3. The molecule has 0 radical (unpaired) electrons. The zero-order valence-electron chi connectivity index (χ0n) is 17.6. The van der Waals surface area contributed by atoms with Gasteiger partial charge in [0.1, 0.15) is 0 Å². The van der Waals surface area contributed by atoms with Crippen molar-refractivity contribution < 1.29 is 33.8 Å². The fraction of sp³-hybridized carbons (Fsp3) is 0.0833. The van der Waals surface area contributed by atoms with Crippen LogP contribution in [0.3, 0.4) is 0 Å². The monoisotopic (exact) mass is 579 g/mol. The van der Waals surface area contributed by atoms with E-state index >= 15 is 0 Å². The molecule has 180 valence electrons. The van der Waals surface area contributed by atoms with Crippen molar-refractivity contribution >= 4 is 68.6 Å². The van der Waals surface area contributed by atoms with Crippen molar-refractivity contribution in [2.24, 2.45) is 0 Å². The van der Waals surface area contributed by atoms with E-state index in [1.807, 2.05) is 0 Å². The molecule has 0 aliphatic rings. The average Bonchev–Trinajstić information content (AvgIpc) is 2.82. The summed E-state index contributed by atoms with van der Waals surface area (Å²) in [7, 11) is 0. The zero-order chi connectivity index (χ0) is 25.5. The van der Waals surface area contributed by atoms with Crippen molar-refractivity contribution in [3.63, 3.8) is 0 Å². The highest BCUT2D eigenvalue weighted by molar-refractivity contribution is 9.10. The molecule has 0 bridgehead atoms. The Bertz CT molecular complexity index is 1270. The number of nitrogens with one attached hydrogen (secondary N) is 1. The van der Waals surface area contributed by atoms with Crippen molar-refractivity contribution in [2.75, 3.05) is 5.32 Å². The number of hydrogen-bond donors (Lipinski definition) is 2. The fourth-order valence-electron chi connectivity index (χ4n) is 2.85. The molecule has 0 unspecified atom stereocenters. The van der Waals surface area contributed by atoms with Crippen LogP contribution in [0.15, 0.2) is 77.3 Å². The van der Waals surface area contributed by atoms with E-state index in [0.717, 1.165) is 4.47 Å². The van der Waals surface area contributed by atoms with Gasteiger partial charge in [-0.05, 0) is 48.5 Å². The largest absolute Gasteiger partial charge is 0.478 e. The second-order valence-electron chi connectivity index (χ2n) is 6.95.